The predicted octanol–water partition coefficient (Wildman–Crippen LogP) is 3.61. The number of carbonyl (C=O) groups is 1. The molecule has 1 aromatic rings. The Morgan fingerprint density at radius 2 is 1.79 bits per heavy atom. The molecule has 0 bridgehead atoms. The van der Waals surface area contributed by atoms with Gasteiger partial charge in [0.15, 0.2) is 6.61 Å². The molecule has 19 heavy (non-hydrogen) atoms. The largest absolute Gasteiger partial charge is 0.482 e. The number of carbonyl (C=O) groups excluding carboxylic acids is 1. The van der Waals surface area contributed by atoms with Crippen LogP contribution in [0.15, 0.2) is 24.3 Å². The lowest BCUT2D eigenvalue weighted by molar-refractivity contribution is -0.153. The first-order valence-corrected chi connectivity index (χ1v) is 5.69. The normalized spacial score (nSPS) is 12.1. The lowest BCUT2D eigenvalue weighted by Gasteiger charge is -2.19. The minimum absolute atomic E-state index is 0.00238. The third-order valence-corrected chi connectivity index (χ3v) is 2.21. The molecule has 0 atom stereocenters. The van der Waals surface area contributed by atoms with Crippen LogP contribution < -0.4 is 10.1 Å². The van der Waals surface area contributed by atoms with Gasteiger partial charge in [0, 0.05) is 5.41 Å². The van der Waals surface area contributed by atoms with E-state index in [1.54, 1.807) is 32.9 Å². The fourth-order valence-electron chi connectivity index (χ4n) is 1.17. The molecule has 0 saturated carbocycles. The molecule has 1 amide bonds. The van der Waals surface area contributed by atoms with Crippen molar-refractivity contribution in [2.45, 2.75) is 26.9 Å². The van der Waals surface area contributed by atoms with Crippen LogP contribution in [0.3, 0.4) is 0 Å². The van der Waals surface area contributed by atoms with Gasteiger partial charge in [-0.1, -0.05) is 32.9 Å². The van der Waals surface area contributed by atoms with E-state index in [9.17, 15) is 18.0 Å². The zero-order valence-corrected chi connectivity index (χ0v) is 11.0. The molecule has 1 N–H and O–H groups in total. The fourth-order valence-corrected chi connectivity index (χ4v) is 1.17. The standard InChI is InChI=1S/C13H16F3NO2/c1-12(2,3)11(18)17-9-6-4-5-7-10(9)19-8-13(14,15)16/h4-7H,8H2,1-3H3,(H,17,18). The van der Waals surface area contributed by atoms with Crippen LogP contribution in [0.2, 0.25) is 0 Å². The van der Waals surface area contributed by atoms with Crippen molar-refractivity contribution in [3.05, 3.63) is 24.3 Å². The van der Waals surface area contributed by atoms with Crippen LogP contribution in [0.4, 0.5) is 18.9 Å². The number of para-hydroxylation sites is 2. The highest BCUT2D eigenvalue weighted by Crippen LogP contribution is 2.28. The van der Waals surface area contributed by atoms with Crippen molar-refractivity contribution < 1.29 is 22.7 Å². The van der Waals surface area contributed by atoms with E-state index < -0.39 is 18.2 Å². The number of alkyl halides is 3. The van der Waals surface area contributed by atoms with Crippen LogP contribution >= 0.6 is 0 Å². The molecule has 3 nitrogen and oxygen atoms in total. The molecular weight excluding hydrogens is 259 g/mol. The SMILES string of the molecule is CC(C)(C)C(=O)Nc1ccccc1OCC(F)(F)F. The predicted molar refractivity (Wildman–Crippen MR) is 66.1 cm³/mol. The molecular formula is C13H16F3NO2. The summed E-state index contributed by atoms with van der Waals surface area (Å²) >= 11 is 0. The van der Waals surface area contributed by atoms with E-state index in [4.69, 9.17) is 0 Å². The smallest absolute Gasteiger partial charge is 0.422 e. The average Bonchev–Trinajstić information content (AvgIpc) is 2.25. The summed E-state index contributed by atoms with van der Waals surface area (Å²) in [5.74, 6) is -0.298. The first kappa shape index (κ1) is 15.3. The summed E-state index contributed by atoms with van der Waals surface area (Å²) in [4.78, 5) is 11.8. The first-order chi connectivity index (χ1) is 8.59. The zero-order valence-electron chi connectivity index (χ0n) is 11.0. The first-order valence-electron chi connectivity index (χ1n) is 5.69. The summed E-state index contributed by atoms with van der Waals surface area (Å²) in [6.45, 7) is 3.74. The van der Waals surface area contributed by atoms with Gasteiger partial charge in [0.05, 0.1) is 5.69 Å². The van der Waals surface area contributed by atoms with Crippen molar-refractivity contribution in [3.63, 3.8) is 0 Å². The Labute approximate surface area is 109 Å². The number of nitrogens with one attached hydrogen (secondary N) is 1. The van der Waals surface area contributed by atoms with Crippen LogP contribution in [0, 0.1) is 5.41 Å². The number of anilines is 1. The van der Waals surface area contributed by atoms with Gasteiger partial charge in [0.2, 0.25) is 5.91 Å². The monoisotopic (exact) mass is 275 g/mol. The summed E-state index contributed by atoms with van der Waals surface area (Å²) in [6, 6.07) is 6.02. The van der Waals surface area contributed by atoms with E-state index in [2.05, 4.69) is 10.1 Å². The number of hydrogen-bond donors (Lipinski definition) is 1. The molecule has 0 spiro atoms. The third-order valence-electron chi connectivity index (χ3n) is 2.21. The Balaban J connectivity index is 2.82. The summed E-state index contributed by atoms with van der Waals surface area (Å²) < 4.78 is 41.0. The number of rotatable bonds is 3. The van der Waals surface area contributed by atoms with Gasteiger partial charge in [-0.25, -0.2) is 0 Å². The molecule has 106 valence electrons. The number of halogens is 3. The summed E-state index contributed by atoms with van der Waals surface area (Å²) in [6.07, 6.45) is -4.42. The molecule has 0 aliphatic rings. The average molecular weight is 275 g/mol. The Morgan fingerprint density at radius 1 is 1.21 bits per heavy atom. The Kier molecular flexibility index (Phi) is 4.44. The highest BCUT2D eigenvalue weighted by Gasteiger charge is 2.29. The molecule has 0 unspecified atom stereocenters. The second-order valence-electron chi connectivity index (χ2n) is 5.10. The van der Waals surface area contributed by atoms with Crippen LogP contribution in [0.1, 0.15) is 20.8 Å². The van der Waals surface area contributed by atoms with E-state index in [0.29, 0.717) is 0 Å². The van der Waals surface area contributed by atoms with Crippen molar-refractivity contribution in [2.75, 3.05) is 11.9 Å². The van der Waals surface area contributed by atoms with Gasteiger partial charge in [-0.2, -0.15) is 13.2 Å². The molecule has 1 rings (SSSR count). The molecule has 0 saturated heterocycles. The lowest BCUT2D eigenvalue weighted by atomic mass is 9.95. The maximum absolute atomic E-state index is 12.1. The molecule has 0 aliphatic carbocycles. The second-order valence-corrected chi connectivity index (χ2v) is 5.10. The van der Waals surface area contributed by atoms with Gasteiger partial charge in [-0.3, -0.25) is 4.79 Å². The second kappa shape index (κ2) is 5.50. The van der Waals surface area contributed by atoms with Crippen LogP contribution in [0.5, 0.6) is 5.75 Å². The third kappa shape index (κ3) is 5.19. The highest BCUT2D eigenvalue weighted by atomic mass is 19.4. The van der Waals surface area contributed by atoms with Crippen molar-refractivity contribution in [1.29, 1.82) is 0 Å². The Hall–Kier alpha value is -1.72. The van der Waals surface area contributed by atoms with Gasteiger partial charge in [0.1, 0.15) is 5.75 Å². The van der Waals surface area contributed by atoms with E-state index in [1.165, 1.54) is 12.1 Å². The molecule has 0 aromatic heterocycles. The molecule has 0 radical (unpaired) electrons. The van der Waals surface area contributed by atoms with Crippen molar-refractivity contribution in [2.24, 2.45) is 5.41 Å². The zero-order chi connectivity index (χ0) is 14.7. The van der Waals surface area contributed by atoms with Gasteiger partial charge in [0.25, 0.3) is 0 Å². The van der Waals surface area contributed by atoms with E-state index in [0.717, 1.165) is 0 Å². The summed E-state index contributed by atoms with van der Waals surface area (Å²) in [7, 11) is 0. The topological polar surface area (TPSA) is 38.3 Å². The van der Waals surface area contributed by atoms with E-state index in [-0.39, 0.29) is 17.3 Å². The number of ether oxygens (including phenoxy) is 1. The van der Waals surface area contributed by atoms with Crippen molar-refractivity contribution >= 4 is 11.6 Å². The van der Waals surface area contributed by atoms with Gasteiger partial charge < -0.3 is 10.1 Å². The van der Waals surface area contributed by atoms with Gasteiger partial charge in [-0.05, 0) is 12.1 Å². The van der Waals surface area contributed by atoms with Crippen molar-refractivity contribution in [1.82, 2.24) is 0 Å². The molecule has 0 heterocycles. The summed E-state index contributed by atoms with van der Waals surface area (Å²) in [5.41, 5.74) is -0.413. The Bertz CT molecular complexity index is 450. The minimum Gasteiger partial charge on any atom is -0.482 e. The van der Waals surface area contributed by atoms with Crippen LogP contribution in [-0.2, 0) is 4.79 Å². The molecule has 1 aromatic carbocycles. The van der Waals surface area contributed by atoms with Gasteiger partial charge >= 0.3 is 6.18 Å². The van der Waals surface area contributed by atoms with Gasteiger partial charge in [-0.15, -0.1) is 0 Å². The minimum atomic E-state index is -4.42. The fraction of sp³-hybridized carbons (Fsp3) is 0.462. The van der Waals surface area contributed by atoms with Crippen LogP contribution in [0.25, 0.3) is 0 Å². The molecule has 6 heteroatoms. The summed E-state index contributed by atoms with van der Waals surface area (Å²) in [5, 5.41) is 2.56. The van der Waals surface area contributed by atoms with E-state index >= 15 is 0 Å². The highest BCUT2D eigenvalue weighted by molar-refractivity contribution is 5.95. The van der Waals surface area contributed by atoms with Crippen LogP contribution in [-0.4, -0.2) is 18.7 Å². The maximum Gasteiger partial charge on any atom is 0.422 e. The number of benzene rings is 1. The quantitative estimate of drug-likeness (QED) is 0.915. The number of hydrogen-bond acceptors (Lipinski definition) is 2. The van der Waals surface area contributed by atoms with Crippen molar-refractivity contribution in [3.8, 4) is 5.75 Å². The van der Waals surface area contributed by atoms with E-state index in [1.807, 2.05) is 0 Å². The maximum atomic E-state index is 12.1. The Morgan fingerprint density at radius 3 is 2.32 bits per heavy atom. The molecule has 0 aliphatic heterocycles. The lowest BCUT2D eigenvalue weighted by Crippen LogP contribution is -2.28. The number of amides is 1. The molecule has 0 fully saturated rings.